The van der Waals surface area contributed by atoms with Crippen molar-refractivity contribution >= 4 is 11.7 Å². The number of nitrogens with zero attached hydrogens (tertiary/aromatic N) is 2. The zero-order chi connectivity index (χ0) is 17.2. The number of benzene rings is 1. The molecule has 1 aromatic heterocycles. The minimum Gasteiger partial charge on any atom is -0.366 e. The normalized spacial score (nSPS) is 21.2. The summed E-state index contributed by atoms with van der Waals surface area (Å²) < 4.78 is 5.69. The summed E-state index contributed by atoms with van der Waals surface area (Å²) in [6.07, 6.45) is 1.95. The van der Waals surface area contributed by atoms with E-state index in [-0.39, 0.29) is 5.91 Å². The first-order valence-corrected chi connectivity index (χ1v) is 8.94. The molecule has 2 N–H and O–H groups in total. The molecule has 2 heterocycles. The molecule has 6 nitrogen and oxygen atoms in total. The minimum absolute atomic E-state index is 0.116. The summed E-state index contributed by atoms with van der Waals surface area (Å²) in [5, 5.41) is 10.3. The van der Waals surface area contributed by atoms with E-state index in [1.807, 2.05) is 25.1 Å². The Morgan fingerprint density at radius 1 is 1.36 bits per heavy atom. The summed E-state index contributed by atoms with van der Waals surface area (Å²) in [5.74, 6) is 1.11. The van der Waals surface area contributed by atoms with Crippen molar-refractivity contribution in [1.29, 1.82) is 0 Å². The molecule has 132 valence electrons. The highest BCUT2D eigenvalue weighted by atomic mass is 16.5. The summed E-state index contributed by atoms with van der Waals surface area (Å²) in [5.41, 5.74) is 3.46. The quantitative estimate of drug-likeness (QED) is 0.877. The van der Waals surface area contributed by atoms with Crippen molar-refractivity contribution in [2.45, 2.75) is 38.3 Å². The summed E-state index contributed by atoms with van der Waals surface area (Å²) in [7, 11) is 0. The lowest BCUT2D eigenvalue weighted by atomic mass is 10.1. The van der Waals surface area contributed by atoms with Crippen LogP contribution in [-0.2, 0) is 16.1 Å². The predicted molar refractivity (Wildman–Crippen MR) is 95.4 cm³/mol. The van der Waals surface area contributed by atoms with Crippen molar-refractivity contribution < 1.29 is 9.53 Å². The number of anilines is 1. The van der Waals surface area contributed by atoms with Gasteiger partial charge in [0.15, 0.2) is 5.82 Å². The number of hydrogen-bond acceptors (Lipinski definition) is 4. The Morgan fingerprint density at radius 2 is 2.16 bits per heavy atom. The van der Waals surface area contributed by atoms with Gasteiger partial charge in [-0.15, -0.1) is 0 Å². The molecule has 0 radical (unpaired) electrons. The first-order valence-electron chi connectivity index (χ1n) is 8.94. The third-order valence-electron chi connectivity index (χ3n) is 4.97. The van der Waals surface area contributed by atoms with Crippen molar-refractivity contribution in [3.63, 3.8) is 0 Å². The maximum Gasteiger partial charge on any atom is 0.256 e. The van der Waals surface area contributed by atoms with E-state index in [1.165, 1.54) is 18.4 Å². The SMILES string of the molecule is Cc1c(NC(=O)[C@H]2CN(Cc3ccccc3)CCO2)n[nH]c1C1CC1. The highest BCUT2D eigenvalue weighted by Crippen LogP contribution is 2.41. The summed E-state index contributed by atoms with van der Waals surface area (Å²) >= 11 is 0. The third kappa shape index (κ3) is 3.75. The molecule has 1 amide bonds. The maximum atomic E-state index is 12.6. The molecular weight excluding hydrogens is 316 g/mol. The second kappa shape index (κ2) is 6.98. The van der Waals surface area contributed by atoms with E-state index in [1.54, 1.807) is 0 Å². The first kappa shape index (κ1) is 16.3. The number of hydrogen-bond donors (Lipinski definition) is 2. The lowest BCUT2D eigenvalue weighted by Crippen LogP contribution is -2.47. The largest absolute Gasteiger partial charge is 0.366 e. The molecule has 2 aromatic rings. The van der Waals surface area contributed by atoms with Gasteiger partial charge in [0.25, 0.3) is 5.91 Å². The summed E-state index contributed by atoms with van der Waals surface area (Å²) in [6, 6.07) is 10.3. The second-order valence-corrected chi connectivity index (χ2v) is 6.95. The van der Waals surface area contributed by atoms with Crippen molar-refractivity contribution in [2.24, 2.45) is 0 Å². The highest BCUT2D eigenvalue weighted by molar-refractivity contribution is 5.94. The van der Waals surface area contributed by atoms with Gasteiger partial charge in [-0.3, -0.25) is 14.8 Å². The van der Waals surface area contributed by atoms with Crippen molar-refractivity contribution in [2.75, 3.05) is 25.0 Å². The minimum atomic E-state index is -0.460. The zero-order valence-corrected chi connectivity index (χ0v) is 14.5. The van der Waals surface area contributed by atoms with Crippen molar-refractivity contribution in [1.82, 2.24) is 15.1 Å². The number of H-pyrrole nitrogens is 1. The number of nitrogens with one attached hydrogen (secondary N) is 2. The van der Waals surface area contributed by atoms with Crippen LogP contribution < -0.4 is 5.32 Å². The molecule has 1 aliphatic carbocycles. The smallest absolute Gasteiger partial charge is 0.256 e. The van der Waals surface area contributed by atoms with E-state index < -0.39 is 6.10 Å². The Balaban J connectivity index is 1.36. The number of carbonyl (C=O) groups excluding carboxylic acids is 1. The van der Waals surface area contributed by atoms with Gasteiger partial charge in [-0.1, -0.05) is 30.3 Å². The Bertz CT molecular complexity index is 739. The van der Waals surface area contributed by atoms with Gasteiger partial charge in [0.2, 0.25) is 0 Å². The van der Waals surface area contributed by atoms with Crippen LogP contribution in [0.1, 0.15) is 35.6 Å². The maximum absolute atomic E-state index is 12.6. The standard InChI is InChI=1S/C19H24N4O2/c1-13-17(15-7-8-15)21-22-18(13)20-19(24)16-12-23(9-10-25-16)11-14-5-3-2-4-6-14/h2-6,15-16H,7-12H2,1H3,(H2,20,21,22,24)/t16-/m1/s1. The van der Waals surface area contributed by atoms with Crippen LogP contribution >= 0.6 is 0 Å². The Hall–Kier alpha value is -2.18. The zero-order valence-electron chi connectivity index (χ0n) is 14.5. The van der Waals surface area contributed by atoms with E-state index in [9.17, 15) is 4.79 Å². The molecule has 25 heavy (non-hydrogen) atoms. The van der Waals surface area contributed by atoms with E-state index in [2.05, 4.69) is 32.5 Å². The van der Waals surface area contributed by atoms with Gasteiger partial charge in [-0.2, -0.15) is 5.10 Å². The molecule has 1 saturated heterocycles. The van der Waals surface area contributed by atoms with Gasteiger partial charge < -0.3 is 10.1 Å². The topological polar surface area (TPSA) is 70.2 Å². The number of rotatable bonds is 5. The van der Waals surface area contributed by atoms with Gasteiger partial charge in [0.1, 0.15) is 6.10 Å². The molecule has 2 fully saturated rings. The monoisotopic (exact) mass is 340 g/mol. The Labute approximate surface area is 147 Å². The summed E-state index contributed by atoms with van der Waals surface area (Å²) in [6.45, 7) is 4.85. The molecule has 1 saturated carbocycles. The second-order valence-electron chi connectivity index (χ2n) is 6.95. The van der Waals surface area contributed by atoms with Crippen LogP contribution in [0.3, 0.4) is 0 Å². The average Bonchev–Trinajstić information content (AvgIpc) is 3.41. The highest BCUT2D eigenvalue weighted by Gasteiger charge is 2.30. The van der Waals surface area contributed by atoms with Crippen LogP contribution in [0, 0.1) is 6.92 Å². The fourth-order valence-electron chi connectivity index (χ4n) is 3.35. The molecule has 0 bridgehead atoms. The number of amides is 1. The number of carbonyl (C=O) groups is 1. The van der Waals surface area contributed by atoms with Crippen LogP contribution in [0.2, 0.25) is 0 Å². The van der Waals surface area contributed by atoms with Gasteiger partial charge in [-0.25, -0.2) is 0 Å². The third-order valence-corrected chi connectivity index (χ3v) is 4.97. The fraction of sp³-hybridized carbons (Fsp3) is 0.474. The first-order chi connectivity index (χ1) is 12.2. The molecule has 1 aromatic carbocycles. The van der Waals surface area contributed by atoms with E-state index >= 15 is 0 Å². The van der Waals surface area contributed by atoms with Crippen LogP contribution in [0.5, 0.6) is 0 Å². The van der Waals surface area contributed by atoms with Gasteiger partial charge in [-0.05, 0) is 25.3 Å². The van der Waals surface area contributed by atoms with E-state index in [0.717, 1.165) is 24.3 Å². The van der Waals surface area contributed by atoms with Crippen LogP contribution in [0.25, 0.3) is 0 Å². The molecular formula is C19H24N4O2. The van der Waals surface area contributed by atoms with Crippen LogP contribution in [-0.4, -0.2) is 46.8 Å². The molecule has 1 atom stereocenters. The Kier molecular flexibility index (Phi) is 4.55. The Morgan fingerprint density at radius 3 is 2.92 bits per heavy atom. The fourth-order valence-corrected chi connectivity index (χ4v) is 3.35. The van der Waals surface area contributed by atoms with Gasteiger partial charge in [0, 0.05) is 36.8 Å². The molecule has 4 rings (SSSR count). The lowest BCUT2D eigenvalue weighted by Gasteiger charge is -2.32. The lowest BCUT2D eigenvalue weighted by molar-refractivity contribution is -0.133. The van der Waals surface area contributed by atoms with Crippen LogP contribution in [0.4, 0.5) is 5.82 Å². The van der Waals surface area contributed by atoms with E-state index in [0.29, 0.717) is 24.9 Å². The van der Waals surface area contributed by atoms with Gasteiger partial charge in [0.05, 0.1) is 6.61 Å². The van der Waals surface area contributed by atoms with Crippen LogP contribution in [0.15, 0.2) is 30.3 Å². The molecule has 6 heteroatoms. The molecule has 1 aliphatic heterocycles. The molecule has 2 aliphatic rings. The summed E-state index contributed by atoms with van der Waals surface area (Å²) in [4.78, 5) is 14.9. The van der Waals surface area contributed by atoms with Crippen molar-refractivity contribution in [3.8, 4) is 0 Å². The predicted octanol–water partition coefficient (Wildman–Crippen LogP) is 2.44. The van der Waals surface area contributed by atoms with E-state index in [4.69, 9.17) is 4.74 Å². The number of morpholine rings is 1. The average molecular weight is 340 g/mol. The molecule has 0 unspecified atom stereocenters. The van der Waals surface area contributed by atoms with Crippen molar-refractivity contribution in [3.05, 3.63) is 47.2 Å². The number of aromatic nitrogens is 2. The number of aromatic amines is 1. The van der Waals surface area contributed by atoms with Gasteiger partial charge >= 0.3 is 0 Å². The molecule has 0 spiro atoms. The number of ether oxygens (including phenoxy) is 1.